The lowest BCUT2D eigenvalue weighted by atomic mass is 10.0. The molecule has 0 saturated carbocycles. The minimum absolute atomic E-state index is 0.306. The molecule has 3 rings (SSSR count). The first kappa shape index (κ1) is 24.8. The fourth-order valence-corrected chi connectivity index (χ4v) is 3.43. The molecule has 0 aliphatic carbocycles. The lowest BCUT2D eigenvalue weighted by Gasteiger charge is -2.12. The number of hydrogen-bond donors (Lipinski definition) is 4. The van der Waals surface area contributed by atoms with E-state index in [1.54, 1.807) is 24.3 Å². The predicted molar refractivity (Wildman–Crippen MR) is 139 cm³/mol. The van der Waals surface area contributed by atoms with Gasteiger partial charge in [-0.3, -0.25) is 0 Å². The molecule has 0 aliphatic heterocycles. The Kier molecular flexibility index (Phi) is 8.68. The van der Waals surface area contributed by atoms with Crippen LogP contribution in [0.15, 0.2) is 72.8 Å². The molecule has 3 aromatic carbocycles. The summed E-state index contributed by atoms with van der Waals surface area (Å²) in [6, 6.07) is 22.9. The summed E-state index contributed by atoms with van der Waals surface area (Å²) in [6.45, 7) is 9.47. The van der Waals surface area contributed by atoms with E-state index in [1.165, 1.54) is 11.1 Å². The molecule has 0 radical (unpaired) electrons. The molecule has 0 atom stereocenters. The Labute approximate surface area is 202 Å². The van der Waals surface area contributed by atoms with E-state index >= 15 is 0 Å². The highest BCUT2D eigenvalue weighted by molar-refractivity contribution is 5.92. The molecule has 0 unspecified atom stereocenters. The van der Waals surface area contributed by atoms with Crippen LogP contribution in [0.2, 0.25) is 0 Å². The molecule has 0 saturated heterocycles. The highest BCUT2D eigenvalue weighted by Crippen LogP contribution is 2.17. The number of carbonyl (C=O) groups excluding carboxylic acids is 2. The summed E-state index contributed by atoms with van der Waals surface area (Å²) >= 11 is 0. The monoisotopic (exact) mass is 458 g/mol. The van der Waals surface area contributed by atoms with Gasteiger partial charge < -0.3 is 21.3 Å². The van der Waals surface area contributed by atoms with Crippen molar-refractivity contribution < 1.29 is 9.59 Å². The van der Waals surface area contributed by atoms with Crippen LogP contribution in [0.3, 0.4) is 0 Å². The molecule has 4 amide bonds. The molecule has 0 heterocycles. The SMILES string of the molecule is CC(C)c1ccc(CNC(=O)Nc2cccc(NC(=O)NCc3ccc(C(C)C)cc3)c2)cc1. The predicted octanol–water partition coefficient (Wildman–Crippen LogP) is 6.58. The first-order valence-corrected chi connectivity index (χ1v) is 11.7. The molecule has 0 fully saturated rings. The quantitative estimate of drug-likeness (QED) is 0.308. The second kappa shape index (κ2) is 11.9. The Morgan fingerprint density at radius 1 is 0.618 bits per heavy atom. The van der Waals surface area contributed by atoms with Crippen molar-refractivity contribution in [2.75, 3.05) is 10.6 Å². The molecular weight excluding hydrogens is 424 g/mol. The fourth-order valence-electron chi connectivity index (χ4n) is 3.43. The Hall–Kier alpha value is -3.80. The number of hydrogen-bond acceptors (Lipinski definition) is 2. The van der Waals surface area contributed by atoms with Crippen molar-refractivity contribution in [2.24, 2.45) is 0 Å². The summed E-state index contributed by atoms with van der Waals surface area (Å²) in [6.07, 6.45) is 0. The van der Waals surface area contributed by atoms with Gasteiger partial charge in [-0.15, -0.1) is 0 Å². The zero-order valence-corrected chi connectivity index (χ0v) is 20.3. The molecule has 0 aliphatic rings. The topological polar surface area (TPSA) is 82.3 Å². The Morgan fingerprint density at radius 3 is 1.35 bits per heavy atom. The van der Waals surface area contributed by atoms with Gasteiger partial charge >= 0.3 is 12.1 Å². The van der Waals surface area contributed by atoms with Gasteiger partial charge in [0, 0.05) is 24.5 Å². The van der Waals surface area contributed by atoms with E-state index in [9.17, 15) is 9.59 Å². The van der Waals surface area contributed by atoms with Crippen LogP contribution in [-0.4, -0.2) is 12.1 Å². The van der Waals surface area contributed by atoms with E-state index in [0.717, 1.165) is 11.1 Å². The molecule has 4 N–H and O–H groups in total. The van der Waals surface area contributed by atoms with E-state index in [4.69, 9.17) is 0 Å². The number of amides is 4. The number of anilines is 2. The van der Waals surface area contributed by atoms with Gasteiger partial charge in [0.05, 0.1) is 0 Å². The average molecular weight is 459 g/mol. The van der Waals surface area contributed by atoms with Gasteiger partial charge in [0.25, 0.3) is 0 Å². The number of urea groups is 2. The van der Waals surface area contributed by atoms with Crippen molar-refractivity contribution in [1.82, 2.24) is 10.6 Å². The fraction of sp³-hybridized carbons (Fsp3) is 0.286. The smallest absolute Gasteiger partial charge is 0.319 e. The van der Waals surface area contributed by atoms with Crippen LogP contribution >= 0.6 is 0 Å². The number of carbonyl (C=O) groups is 2. The summed E-state index contributed by atoms with van der Waals surface area (Å²) in [5.74, 6) is 0.953. The standard InChI is InChI=1S/C28H34N4O2/c1-19(2)23-12-8-21(9-13-23)17-29-27(33)31-25-6-5-7-26(16-25)32-28(34)30-18-22-10-14-24(15-11-22)20(3)4/h5-16,19-20H,17-18H2,1-4H3,(H2,29,31,33)(H2,30,32,34). The first-order chi connectivity index (χ1) is 16.3. The van der Waals surface area contributed by atoms with Crippen LogP contribution in [0.4, 0.5) is 21.0 Å². The van der Waals surface area contributed by atoms with Crippen LogP contribution in [0.25, 0.3) is 0 Å². The zero-order valence-electron chi connectivity index (χ0n) is 20.3. The minimum atomic E-state index is -0.306. The van der Waals surface area contributed by atoms with Crippen LogP contribution < -0.4 is 21.3 Å². The maximum Gasteiger partial charge on any atom is 0.319 e. The molecule has 3 aromatic rings. The van der Waals surface area contributed by atoms with Crippen molar-refractivity contribution in [3.05, 3.63) is 95.1 Å². The Bertz CT molecular complexity index is 1010. The third-order valence-corrected chi connectivity index (χ3v) is 5.58. The third kappa shape index (κ3) is 7.66. The summed E-state index contributed by atoms with van der Waals surface area (Å²) in [5, 5.41) is 11.3. The molecule has 6 nitrogen and oxygen atoms in total. The molecule has 0 aromatic heterocycles. The molecular formula is C28H34N4O2. The highest BCUT2D eigenvalue weighted by atomic mass is 16.2. The first-order valence-electron chi connectivity index (χ1n) is 11.7. The van der Waals surface area contributed by atoms with E-state index in [0.29, 0.717) is 36.3 Å². The lowest BCUT2D eigenvalue weighted by molar-refractivity contribution is 0.251. The maximum absolute atomic E-state index is 12.3. The van der Waals surface area contributed by atoms with Crippen LogP contribution in [0.5, 0.6) is 0 Å². The van der Waals surface area contributed by atoms with Crippen molar-refractivity contribution in [3.63, 3.8) is 0 Å². The van der Waals surface area contributed by atoms with E-state index in [2.05, 4.69) is 73.2 Å². The highest BCUT2D eigenvalue weighted by Gasteiger charge is 2.06. The molecule has 178 valence electrons. The lowest BCUT2D eigenvalue weighted by Crippen LogP contribution is -2.29. The zero-order chi connectivity index (χ0) is 24.5. The minimum Gasteiger partial charge on any atom is -0.334 e. The average Bonchev–Trinajstić information content (AvgIpc) is 2.82. The van der Waals surface area contributed by atoms with Gasteiger partial charge in [-0.2, -0.15) is 0 Å². The van der Waals surface area contributed by atoms with Gasteiger partial charge in [-0.25, -0.2) is 9.59 Å². The maximum atomic E-state index is 12.3. The van der Waals surface area contributed by atoms with E-state index in [1.807, 2.05) is 24.3 Å². The van der Waals surface area contributed by atoms with Crippen molar-refractivity contribution in [3.8, 4) is 0 Å². The number of nitrogens with one attached hydrogen (secondary N) is 4. The van der Waals surface area contributed by atoms with Crippen molar-refractivity contribution in [2.45, 2.75) is 52.6 Å². The third-order valence-electron chi connectivity index (χ3n) is 5.58. The second-order valence-corrected chi connectivity index (χ2v) is 8.99. The Morgan fingerprint density at radius 2 is 1.00 bits per heavy atom. The largest absolute Gasteiger partial charge is 0.334 e. The second-order valence-electron chi connectivity index (χ2n) is 8.99. The van der Waals surface area contributed by atoms with Gasteiger partial charge in [0.15, 0.2) is 0 Å². The number of rotatable bonds is 8. The number of benzene rings is 3. The summed E-state index contributed by atoms with van der Waals surface area (Å²) in [4.78, 5) is 24.6. The summed E-state index contributed by atoms with van der Waals surface area (Å²) in [7, 11) is 0. The van der Waals surface area contributed by atoms with Crippen LogP contribution in [-0.2, 0) is 13.1 Å². The van der Waals surface area contributed by atoms with Gasteiger partial charge in [-0.05, 0) is 52.3 Å². The van der Waals surface area contributed by atoms with E-state index < -0.39 is 0 Å². The van der Waals surface area contributed by atoms with Gasteiger partial charge in [-0.1, -0.05) is 82.3 Å². The summed E-state index contributed by atoms with van der Waals surface area (Å²) < 4.78 is 0. The van der Waals surface area contributed by atoms with Crippen molar-refractivity contribution >= 4 is 23.4 Å². The van der Waals surface area contributed by atoms with Crippen LogP contribution in [0.1, 0.15) is 61.8 Å². The molecule has 6 heteroatoms. The molecule has 0 bridgehead atoms. The normalized spacial score (nSPS) is 10.8. The van der Waals surface area contributed by atoms with Crippen LogP contribution in [0, 0.1) is 0 Å². The molecule has 34 heavy (non-hydrogen) atoms. The molecule has 0 spiro atoms. The van der Waals surface area contributed by atoms with Gasteiger partial charge in [0.1, 0.15) is 0 Å². The summed E-state index contributed by atoms with van der Waals surface area (Å²) in [5.41, 5.74) is 5.79. The van der Waals surface area contributed by atoms with Crippen molar-refractivity contribution in [1.29, 1.82) is 0 Å². The van der Waals surface area contributed by atoms with Gasteiger partial charge in [0.2, 0.25) is 0 Å². The Balaban J connectivity index is 1.46. The van der Waals surface area contributed by atoms with E-state index in [-0.39, 0.29) is 12.1 Å².